The van der Waals surface area contributed by atoms with Crippen LogP contribution in [0.1, 0.15) is 23.3 Å². The van der Waals surface area contributed by atoms with Crippen LogP contribution in [0.2, 0.25) is 0 Å². The third-order valence-corrected chi connectivity index (χ3v) is 5.66. The molecule has 2 aliphatic heterocycles. The first kappa shape index (κ1) is 17.1. The van der Waals surface area contributed by atoms with Crippen molar-refractivity contribution in [2.45, 2.75) is 18.9 Å². The molecule has 1 aromatic carbocycles. The van der Waals surface area contributed by atoms with Crippen LogP contribution in [0.3, 0.4) is 0 Å². The summed E-state index contributed by atoms with van der Waals surface area (Å²) >= 11 is 1.42. The standard InChI is InChI=1S/C18H22N4O3S/c1-21-7-5-13(6-8-21)22(2)17(23)14-10-26-18(20-14)19-12-3-4-15-16(9-12)25-11-24-15/h3-4,9-10,13H,5-8,11H2,1-2H3,(H,19,20). The van der Waals surface area contributed by atoms with Gasteiger partial charge in [-0.15, -0.1) is 11.3 Å². The highest BCUT2D eigenvalue weighted by molar-refractivity contribution is 7.14. The van der Waals surface area contributed by atoms with E-state index in [2.05, 4.69) is 22.2 Å². The van der Waals surface area contributed by atoms with Crippen LogP contribution in [0.15, 0.2) is 23.6 Å². The first-order valence-electron chi connectivity index (χ1n) is 8.68. The number of nitrogens with zero attached hydrogens (tertiary/aromatic N) is 3. The number of likely N-dealkylation sites (tertiary alicyclic amines) is 1. The molecule has 4 rings (SSSR count). The molecule has 26 heavy (non-hydrogen) atoms. The molecule has 0 saturated carbocycles. The number of ether oxygens (including phenoxy) is 2. The van der Waals surface area contributed by atoms with E-state index in [0.29, 0.717) is 16.6 Å². The second-order valence-corrected chi connectivity index (χ2v) is 7.54. The summed E-state index contributed by atoms with van der Waals surface area (Å²) in [5, 5.41) is 5.72. The van der Waals surface area contributed by atoms with Crippen LogP contribution in [-0.4, -0.2) is 60.7 Å². The predicted molar refractivity (Wildman–Crippen MR) is 101 cm³/mol. The fraction of sp³-hybridized carbons (Fsp3) is 0.444. The number of anilines is 2. The number of hydrogen-bond acceptors (Lipinski definition) is 7. The number of amides is 1. The van der Waals surface area contributed by atoms with Crippen molar-refractivity contribution in [2.24, 2.45) is 0 Å². The van der Waals surface area contributed by atoms with Gasteiger partial charge in [-0.1, -0.05) is 0 Å². The monoisotopic (exact) mass is 374 g/mol. The van der Waals surface area contributed by atoms with Gasteiger partial charge in [0.15, 0.2) is 16.6 Å². The Morgan fingerprint density at radius 1 is 1.31 bits per heavy atom. The molecule has 0 radical (unpaired) electrons. The van der Waals surface area contributed by atoms with Crippen LogP contribution in [-0.2, 0) is 0 Å². The predicted octanol–water partition coefficient (Wildman–Crippen LogP) is 2.78. The average Bonchev–Trinajstić information content (AvgIpc) is 3.30. The van der Waals surface area contributed by atoms with E-state index in [0.717, 1.165) is 37.4 Å². The second kappa shape index (κ2) is 7.13. The second-order valence-electron chi connectivity index (χ2n) is 6.68. The zero-order valence-electron chi connectivity index (χ0n) is 14.9. The van der Waals surface area contributed by atoms with Crippen molar-refractivity contribution in [3.8, 4) is 11.5 Å². The normalized spacial score (nSPS) is 17.3. The molecule has 1 saturated heterocycles. The van der Waals surface area contributed by atoms with Crippen LogP contribution in [0.5, 0.6) is 11.5 Å². The van der Waals surface area contributed by atoms with E-state index in [1.54, 1.807) is 0 Å². The van der Waals surface area contributed by atoms with Crippen molar-refractivity contribution >= 4 is 28.1 Å². The van der Waals surface area contributed by atoms with Gasteiger partial charge in [-0.3, -0.25) is 4.79 Å². The van der Waals surface area contributed by atoms with Crippen molar-refractivity contribution in [1.82, 2.24) is 14.8 Å². The number of aromatic nitrogens is 1. The summed E-state index contributed by atoms with van der Waals surface area (Å²) in [5.74, 6) is 1.43. The minimum absolute atomic E-state index is 0.0189. The average molecular weight is 374 g/mol. The molecule has 0 aliphatic carbocycles. The number of piperidine rings is 1. The van der Waals surface area contributed by atoms with E-state index in [-0.39, 0.29) is 18.7 Å². The molecule has 138 valence electrons. The van der Waals surface area contributed by atoms with Gasteiger partial charge in [0.1, 0.15) is 5.69 Å². The molecule has 0 spiro atoms. The third kappa shape index (κ3) is 3.47. The lowest BCUT2D eigenvalue weighted by atomic mass is 10.0. The summed E-state index contributed by atoms with van der Waals surface area (Å²) < 4.78 is 10.7. The summed E-state index contributed by atoms with van der Waals surface area (Å²) in [4.78, 5) is 21.3. The quantitative estimate of drug-likeness (QED) is 0.888. The van der Waals surface area contributed by atoms with Gasteiger partial charge in [0.25, 0.3) is 5.91 Å². The summed E-state index contributed by atoms with van der Waals surface area (Å²) in [6.07, 6.45) is 2.01. The van der Waals surface area contributed by atoms with Crippen molar-refractivity contribution in [3.05, 3.63) is 29.3 Å². The van der Waals surface area contributed by atoms with Crippen LogP contribution in [0.4, 0.5) is 10.8 Å². The van der Waals surface area contributed by atoms with Crippen molar-refractivity contribution in [1.29, 1.82) is 0 Å². The van der Waals surface area contributed by atoms with Crippen LogP contribution in [0, 0.1) is 0 Å². The van der Waals surface area contributed by atoms with Gasteiger partial charge in [0.05, 0.1) is 0 Å². The van der Waals surface area contributed by atoms with Crippen molar-refractivity contribution < 1.29 is 14.3 Å². The van der Waals surface area contributed by atoms with E-state index in [4.69, 9.17) is 9.47 Å². The zero-order chi connectivity index (χ0) is 18.1. The van der Waals surface area contributed by atoms with Crippen LogP contribution in [0.25, 0.3) is 0 Å². The summed E-state index contributed by atoms with van der Waals surface area (Å²) in [6, 6.07) is 5.92. The number of carbonyl (C=O) groups excluding carboxylic acids is 1. The molecule has 2 aromatic rings. The van der Waals surface area contributed by atoms with Crippen LogP contribution < -0.4 is 14.8 Å². The number of nitrogens with one attached hydrogen (secondary N) is 1. The van der Waals surface area contributed by atoms with E-state index in [1.165, 1.54) is 11.3 Å². The molecule has 3 heterocycles. The highest BCUT2D eigenvalue weighted by Crippen LogP contribution is 2.35. The SMILES string of the molecule is CN1CCC(N(C)C(=O)c2csc(Nc3ccc4c(c3)OCO4)n2)CC1. The Hall–Kier alpha value is -2.32. The fourth-order valence-electron chi connectivity index (χ4n) is 3.26. The van der Waals surface area contributed by atoms with Gasteiger partial charge in [-0.05, 0) is 45.1 Å². The fourth-order valence-corrected chi connectivity index (χ4v) is 3.96. The lowest BCUT2D eigenvalue weighted by molar-refractivity contribution is 0.0654. The molecule has 2 aliphatic rings. The molecule has 8 heteroatoms. The lowest BCUT2D eigenvalue weighted by Crippen LogP contribution is -2.44. The van der Waals surface area contributed by atoms with E-state index in [1.807, 2.05) is 35.5 Å². The van der Waals surface area contributed by atoms with Crippen molar-refractivity contribution in [3.63, 3.8) is 0 Å². The Morgan fingerprint density at radius 2 is 2.08 bits per heavy atom. The Bertz CT molecular complexity index is 801. The highest BCUT2D eigenvalue weighted by Gasteiger charge is 2.26. The van der Waals surface area contributed by atoms with Gasteiger partial charge in [-0.25, -0.2) is 4.98 Å². The van der Waals surface area contributed by atoms with Gasteiger partial charge in [0.2, 0.25) is 6.79 Å². The van der Waals surface area contributed by atoms with Gasteiger partial charge in [0, 0.05) is 30.2 Å². The Labute approximate surface area is 156 Å². The minimum atomic E-state index is -0.0189. The minimum Gasteiger partial charge on any atom is -0.454 e. The van der Waals surface area contributed by atoms with E-state index >= 15 is 0 Å². The molecular formula is C18H22N4O3S. The van der Waals surface area contributed by atoms with Gasteiger partial charge >= 0.3 is 0 Å². The maximum Gasteiger partial charge on any atom is 0.273 e. The van der Waals surface area contributed by atoms with Crippen molar-refractivity contribution in [2.75, 3.05) is 39.3 Å². The maximum atomic E-state index is 12.7. The summed E-state index contributed by atoms with van der Waals surface area (Å²) in [7, 11) is 4.00. The van der Waals surface area contributed by atoms with E-state index in [9.17, 15) is 4.79 Å². The molecule has 1 aromatic heterocycles. The summed E-state index contributed by atoms with van der Waals surface area (Å²) in [5.41, 5.74) is 1.34. The van der Waals surface area contributed by atoms with Gasteiger partial charge in [-0.2, -0.15) is 0 Å². The van der Waals surface area contributed by atoms with Gasteiger partial charge < -0.3 is 24.6 Å². The highest BCUT2D eigenvalue weighted by atomic mass is 32.1. The lowest BCUT2D eigenvalue weighted by Gasteiger charge is -2.34. The molecule has 0 bridgehead atoms. The smallest absolute Gasteiger partial charge is 0.273 e. The largest absolute Gasteiger partial charge is 0.454 e. The molecule has 0 unspecified atom stereocenters. The molecular weight excluding hydrogens is 352 g/mol. The first-order chi connectivity index (χ1) is 12.6. The molecule has 1 N–H and O–H groups in total. The number of hydrogen-bond donors (Lipinski definition) is 1. The zero-order valence-corrected chi connectivity index (χ0v) is 15.7. The maximum absolute atomic E-state index is 12.7. The molecule has 7 nitrogen and oxygen atoms in total. The number of thiazole rings is 1. The Kier molecular flexibility index (Phi) is 4.69. The molecule has 0 atom stereocenters. The third-order valence-electron chi connectivity index (χ3n) is 4.90. The number of carbonyl (C=O) groups is 1. The number of benzene rings is 1. The van der Waals surface area contributed by atoms with Crippen LogP contribution >= 0.6 is 11.3 Å². The number of fused-ring (bicyclic) bond motifs is 1. The van der Waals surface area contributed by atoms with E-state index < -0.39 is 0 Å². The Morgan fingerprint density at radius 3 is 2.88 bits per heavy atom. The summed E-state index contributed by atoms with van der Waals surface area (Å²) in [6.45, 7) is 2.30. The first-order valence-corrected chi connectivity index (χ1v) is 9.56. The number of rotatable bonds is 4. The topological polar surface area (TPSA) is 66.9 Å². The molecule has 1 amide bonds. The Balaban J connectivity index is 1.41. The molecule has 1 fully saturated rings.